The fourth-order valence-electron chi connectivity index (χ4n) is 3.80. The fraction of sp³-hybridized carbons (Fsp3) is 0.409. The minimum Gasteiger partial charge on any atom is -0.353 e. The number of fused-ring (bicyclic) bond motifs is 1. The normalized spacial score (nSPS) is 16.5. The molecule has 1 aromatic heterocycles. The number of carbonyl (C=O) groups is 3. The minimum absolute atomic E-state index is 0.217. The second-order valence-electron chi connectivity index (χ2n) is 7.99. The van der Waals surface area contributed by atoms with E-state index >= 15 is 0 Å². The van der Waals surface area contributed by atoms with Crippen LogP contribution in [-0.2, 0) is 4.79 Å². The van der Waals surface area contributed by atoms with Gasteiger partial charge in [-0.05, 0) is 19.1 Å². The molecule has 30 heavy (non-hydrogen) atoms. The lowest BCUT2D eigenvalue weighted by Gasteiger charge is -2.36. The monoisotopic (exact) mass is 407 g/mol. The molecule has 2 aliphatic rings. The molecule has 0 unspecified atom stereocenters. The van der Waals surface area contributed by atoms with Crippen molar-refractivity contribution in [3.8, 4) is 0 Å². The summed E-state index contributed by atoms with van der Waals surface area (Å²) in [5.41, 5.74) is 1.65. The highest BCUT2D eigenvalue weighted by atomic mass is 16.2. The van der Waals surface area contributed by atoms with Gasteiger partial charge in [-0.2, -0.15) is 0 Å². The molecular formula is C22H25N5O3. The van der Waals surface area contributed by atoms with E-state index in [1.807, 2.05) is 13.0 Å². The molecule has 0 aliphatic carbocycles. The first-order chi connectivity index (χ1) is 14.3. The standard InChI is InChI=1S/C22H25N5O3/c1-14(2)20-23-15(3)12-18(24-20)25-8-10-26(11-9-25)19(28)13-27-21(29)16-6-4-5-7-17(16)22(27)30/h4-7,12,14H,8-11,13H2,1-3H3. The number of hydrogen-bond acceptors (Lipinski definition) is 6. The van der Waals surface area contributed by atoms with E-state index in [9.17, 15) is 14.4 Å². The quantitative estimate of drug-likeness (QED) is 0.719. The summed E-state index contributed by atoms with van der Waals surface area (Å²) in [7, 11) is 0. The van der Waals surface area contributed by atoms with Crippen LogP contribution in [0.5, 0.6) is 0 Å². The number of benzene rings is 1. The van der Waals surface area contributed by atoms with Crippen molar-refractivity contribution in [1.29, 1.82) is 0 Å². The molecule has 8 heteroatoms. The van der Waals surface area contributed by atoms with E-state index < -0.39 is 11.8 Å². The maximum absolute atomic E-state index is 12.8. The number of piperazine rings is 1. The van der Waals surface area contributed by atoms with Crippen LogP contribution >= 0.6 is 0 Å². The smallest absolute Gasteiger partial charge is 0.262 e. The van der Waals surface area contributed by atoms with Gasteiger partial charge in [0.2, 0.25) is 5.91 Å². The molecule has 8 nitrogen and oxygen atoms in total. The molecule has 0 bridgehead atoms. The van der Waals surface area contributed by atoms with E-state index in [1.165, 1.54) is 0 Å². The molecule has 0 radical (unpaired) electrons. The summed E-state index contributed by atoms with van der Waals surface area (Å²) in [6.07, 6.45) is 0. The molecule has 2 aliphatic heterocycles. The summed E-state index contributed by atoms with van der Waals surface area (Å²) in [6, 6.07) is 8.63. The van der Waals surface area contributed by atoms with Gasteiger partial charge in [-0.3, -0.25) is 19.3 Å². The van der Waals surface area contributed by atoms with Gasteiger partial charge in [-0.15, -0.1) is 0 Å². The Morgan fingerprint density at radius 3 is 2.17 bits per heavy atom. The first-order valence-corrected chi connectivity index (χ1v) is 10.2. The molecule has 1 aromatic carbocycles. The van der Waals surface area contributed by atoms with E-state index in [2.05, 4.69) is 28.7 Å². The molecule has 1 fully saturated rings. The third-order valence-electron chi connectivity index (χ3n) is 5.50. The zero-order valence-electron chi connectivity index (χ0n) is 17.5. The number of anilines is 1. The molecule has 156 valence electrons. The largest absolute Gasteiger partial charge is 0.353 e. The van der Waals surface area contributed by atoms with E-state index in [0.29, 0.717) is 37.3 Å². The SMILES string of the molecule is Cc1cc(N2CCN(C(=O)CN3C(=O)c4ccccc4C3=O)CC2)nc(C(C)C)n1. The van der Waals surface area contributed by atoms with Crippen LogP contribution in [0.2, 0.25) is 0 Å². The Morgan fingerprint density at radius 1 is 1.00 bits per heavy atom. The summed E-state index contributed by atoms with van der Waals surface area (Å²) in [4.78, 5) is 51.8. The first kappa shape index (κ1) is 20.0. The van der Waals surface area contributed by atoms with Gasteiger partial charge in [0, 0.05) is 43.9 Å². The highest BCUT2D eigenvalue weighted by molar-refractivity contribution is 6.22. The predicted octanol–water partition coefficient (Wildman–Crippen LogP) is 1.85. The van der Waals surface area contributed by atoms with Crippen molar-refractivity contribution < 1.29 is 14.4 Å². The summed E-state index contributed by atoms with van der Waals surface area (Å²) in [5, 5.41) is 0. The minimum atomic E-state index is -0.403. The molecule has 4 rings (SSSR count). The van der Waals surface area contributed by atoms with Crippen LogP contribution in [0.25, 0.3) is 0 Å². The summed E-state index contributed by atoms with van der Waals surface area (Å²) in [6.45, 7) is 8.17. The summed E-state index contributed by atoms with van der Waals surface area (Å²) < 4.78 is 0. The van der Waals surface area contributed by atoms with Crippen molar-refractivity contribution in [2.45, 2.75) is 26.7 Å². The van der Waals surface area contributed by atoms with Gasteiger partial charge in [0.05, 0.1) is 11.1 Å². The lowest BCUT2D eigenvalue weighted by atomic mass is 10.1. The molecule has 3 heterocycles. The Hall–Kier alpha value is -3.29. The van der Waals surface area contributed by atoms with Gasteiger partial charge in [0.25, 0.3) is 11.8 Å². The van der Waals surface area contributed by atoms with Gasteiger partial charge in [-0.1, -0.05) is 26.0 Å². The number of amides is 3. The topological polar surface area (TPSA) is 86.7 Å². The molecule has 0 N–H and O–H groups in total. The Bertz CT molecular complexity index is 977. The Labute approximate surface area is 175 Å². The van der Waals surface area contributed by atoms with E-state index in [-0.39, 0.29) is 18.4 Å². The van der Waals surface area contributed by atoms with Gasteiger partial charge in [0.15, 0.2) is 0 Å². The molecule has 0 atom stereocenters. The lowest BCUT2D eigenvalue weighted by Crippen LogP contribution is -2.52. The molecule has 2 aromatic rings. The Balaban J connectivity index is 1.39. The molecule has 0 spiro atoms. The highest BCUT2D eigenvalue weighted by Crippen LogP contribution is 2.23. The third kappa shape index (κ3) is 3.65. The second-order valence-corrected chi connectivity index (χ2v) is 7.99. The van der Waals surface area contributed by atoms with E-state index in [4.69, 9.17) is 0 Å². The van der Waals surface area contributed by atoms with Crippen LogP contribution < -0.4 is 4.90 Å². The number of rotatable bonds is 4. The van der Waals surface area contributed by atoms with Gasteiger partial charge < -0.3 is 9.80 Å². The predicted molar refractivity (Wildman–Crippen MR) is 111 cm³/mol. The molecular weight excluding hydrogens is 382 g/mol. The van der Waals surface area contributed by atoms with Crippen molar-refractivity contribution in [2.75, 3.05) is 37.6 Å². The van der Waals surface area contributed by atoms with Crippen molar-refractivity contribution in [2.24, 2.45) is 0 Å². The third-order valence-corrected chi connectivity index (χ3v) is 5.50. The van der Waals surface area contributed by atoms with Crippen molar-refractivity contribution >= 4 is 23.5 Å². The van der Waals surface area contributed by atoms with Crippen LogP contribution in [0.15, 0.2) is 30.3 Å². The van der Waals surface area contributed by atoms with Crippen LogP contribution in [0.4, 0.5) is 5.82 Å². The average molecular weight is 407 g/mol. The van der Waals surface area contributed by atoms with Gasteiger partial charge in [-0.25, -0.2) is 9.97 Å². The van der Waals surface area contributed by atoms with Crippen molar-refractivity contribution in [3.05, 3.63) is 53.0 Å². The number of nitrogens with zero attached hydrogens (tertiary/aromatic N) is 5. The summed E-state index contributed by atoms with van der Waals surface area (Å²) >= 11 is 0. The zero-order chi connectivity index (χ0) is 21.4. The molecule has 3 amide bonds. The fourth-order valence-corrected chi connectivity index (χ4v) is 3.80. The zero-order valence-corrected chi connectivity index (χ0v) is 17.5. The van der Waals surface area contributed by atoms with Crippen molar-refractivity contribution in [1.82, 2.24) is 19.8 Å². The number of imide groups is 1. The maximum Gasteiger partial charge on any atom is 0.262 e. The lowest BCUT2D eigenvalue weighted by molar-refractivity contribution is -0.131. The van der Waals surface area contributed by atoms with Gasteiger partial charge in [0.1, 0.15) is 18.2 Å². The number of aryl methyl sites for hydroxylation is 1. The Kier molecular flexibility index (Phi) is 5.24. The molecule has 1 saturated heterocycles. The number of aromatic nitrogens is 2. The van der Waals surface area contributed by atoms with E-state index in [1.54, 1.807) is 29.2 Å². The first-order valence-electron chi connectivity index (χ1n) is 10.2. The maximum atomic E-state index is 12.8. The Morgan fingerprint density at radius 2 is 1.60 bits per heavy atom. The van der Waals surface area contributed by atoms with E-state index in [0.717, 1.165) is 22.2 Å². The average Bonchev–Trinajstić information content (AvgIpc) is 2.98. The van der Waals surface area contributed by atoms with Gasteiger partial charge >= 0.3 is 0 Å². The number of hydrogen-bond donors (Lipinski definition) is 0. The second kappa shape index (κ2) is 7.85. The van der Waals surface area contributed by atoms with Crippen LogP contribution in [0.3, 0.4) is 0 Å². The van der Waals surface area contributed by atoms with Crippen LogP contribution in [0.1, 0.15) is 52.0 Å². The summed E-state index contributed by atoms with van der Waals surface area (Å²) in [5.74, 6) is 0.908. The van der Waals surface area contributed by atoms with Crippen molar-refractivity contribution in [3.63, 3.8) is 0 Å². The number of carbonyl (C=O) groups excluding carboxylic acids is 3. The van der Waals surface area contributed by atoms with Crippen LogP contribution in [0, 0.1) is 6.92 Å². The van der Waals surface area contributed by atoms with Crippen LogP contribution in [-0.4, -0.2) is 70.2 Å². The highest BCUT2D eigenvalue weighted by Gasteiger charge is 2.37. The molecule has 0 saturated carbocycles.